The molecule has 1 aliphatic heterocycles. The summed E-state index contributed by atoms with van der Waals surface area (Å²) < 4.78 is 0. The van der Waals surface area contributed by atoms with Crippen LogP contribution in [0.1, 0.15) is 37.4 Å². The van der Waals surface area contributed by atoms with Crippen molar-refractivity contribution in [1.29, 1.82) is 0 Å². The van der Waals surface area contributed by atoms with E-state index in [9.17, 15) is 19.7 Å². The molecule has 1 aliphatic rings. The lowest BCUT2D eigenvalue weighted by Gasteiger charge is -2.32. The first-order chi connectivity index (χ1) is 18.5. The summed E-state index contributed by atoms with van der Waals surface area (Å²) in [6.07, 6.45) is 4.22. The molecule has 9 heteroatoms. The highest BCUT2D eigenvalue weighted by atomic mass is 16.6. The fourth-order valence-electron chi connectivity index (χ4n) is 4.52. The number of nitro groups is 1. The van der Waals surface area contributed by atoms with Gasteiger partial charge in [-0.25, -0.2) is 0 Å². The average Bonchev–Trinajstić information content (AvgIpc) is 2.96. The molecular weight excluding hydrogens is 482 g/mol. The first-order valence-corrected chi connectivity index (χ1v) is 12.2. The van der Waals surface area contributed by atoms with Crippen LogP contribution in [0.3, 0.4) is 0 Å². The summed E-state index contributed by atoms with van der Waals surface area (Å²) >= 11 is 0. The summed E-state index contributed by atoms with van der Waals surface area (Å²) in [5, 5.41) is 16.8. The highest BCUT2D eigenvalue weighted by Crippen LogP contribution is 2.30. The van der Waals surface area contributed by atoms with Crippen molar-refractivity contribution in [2.45, 2.75) is 19.5 Å². The first-order valence-electron chi connectivity index (χ1n) is 12.2. The van der Waals surface area contributed by atoms with Crippen molar-refractivity contribution in [2.24, 2.45) is 0 Å². The molecule has 0 fully saturated rings. The lowest BCUT2D eigenvalue weighted by molar-refractivity contribution is -0.384. The molecule has 2 N–H and O–H groups in total. The monoisotopic (exact) mass is 507 g/mol. The Morgan fingerprint density at radius 1 is 0.947 bits per heavy atom. The van der Waals surface area contributed by atoms with Gasteiger partial charge in [-0.1, -0.05) is 36.4 Å². The van der Waals surface area contributed by atoms with Gasteiger partial charge in [0.1, 0.15) is 0 Å². The van der Waals surface area contributed by atoms with Crippen molar-refractivity contribution in [3.05, 3.63) is 129 Å². The standard InChI is InChI=1S/C29H25N5O4/c35-28(22-8-3-9-25(15-22)34(37)38)32-24-10-11-27(33-14-12-21-6-1-2-7-23(21)19-33)26(16-24)29(36)31-18-20-5-4-13-30-17-20/h1-11,13,15-17H,12,14,18-19H2,(H,31,36)(H,32,35). The maximum Gasteiger partial charge on any atom is 0.270 e. The minimum atomic E-state index is -0.549. The van der Waals surface area contributed by atoms with E-state index < -0.39 is 10.8 Å². The zero-order chi connectivity index (χ0) is 26.5. The van der Waals surface area contributed by atoms with E-state index in [1.165, 1.54) is 35.4 Å². The molecule has 0 saturated heterocycles. The van der Waals surface area contributed by atoms with Crippen LogP contribution in [0.5, 0.6) is 0 Å². The van der Waals surface area contributed by atoms with Gasteiger partial charge in [0.2, 0.25) is 0 Å². The molecule has 2 amide bonds. The van der Waals surface area contributed by atoms with Gasteiger partial charge in [0.25, 0.3) is 17.5 Å². The van der Waals surface area contributed by atoms with Gasteiger partial charge in [-0.3, -0.25) is 24.7 Å². The van der Waals surface area contributed by atoms with Gasteiger partial charge >= 0.3 is 0 Å². The zero-order valence-electron chi connectivity index (χ0n) is 20.5. The second-order valence-corrected chi connectivity index (χ2v) is 8.98. The Morgan fingerprint density at radius 2 is 1.79 bits per heavy atom. The van der Waals surface area contributed by atoms with Crippen LogP contribution in [0.4, 0.5) is 17.1 Å². The number of nitrogens with zero attached hydrogens (tertiary/aromatic N) is 3. The van der Waals surface area contributed by atoms with Crippen LogP contribution >= 0.6 is 0 Å². The van der Waals surface area contributed by atoms with Crippen LogP contribution < -0.4 is 15.5 Å². The van der Waals surface area contributed by atoms with Crippen LogP contribution in [-0.4, -0.2) is 28.3 Å². The third kappa shape index (κ3) is 5.52. The van der Waals surface area contributed by atoms with E-state index >= 15 is 0 Å². The number of benzene rings is 3. The maximum atomic E-state index is 13.4. The molecule has 0 unspecified atom stereocenters. The van der Waals surface area contributed by atoms with E-state index in [4.69, 9.17) is 0 Å². The van der Waals surface area contributed by atoms with Crippen LogP contribution in [0, 0.1) is 10.1 Å². The molecule has 1 aromatic heterocycles. The normalized spacial score (nSPS) is 12.4. The van der Waals surface area contributed by atoms with Crippen molar-refractivity contribution in [3.8, 4) is 0 Å². The second kappa shape index (κ2) is 10.9. The number of hydrogen-bond acceptors (Lipinski definition) is 6. The fraction of sp³-hybridized carbons (Fsp3) is 0.138. The number of nitro benzene ring substituents is 1. The summed E-state index contributed by atoms with van der Waals surface area (Å²) in [7, 11) is 0. The van der Waals surface area contributed by atoms with Gasteiger partial charge in [-0.05, 0) is 53.4 Å². The lowest BCUT2D eigenvalue weighted by atomic mass is 9.98. The number of pyridine rings is 1. The summed E-state index contributed by atoms with van der Waals surface area (Å²) in [6, 6.07) is 22.7. The van der Waals surface area contributed by atoms with E-state index in [-0.39, 0.29) is 17.2 Å². The predicted molar refractivity (Wildman–Crippen MR) is 144 cm³/mol. The Morgan fingerprint density at radius 3 is 2.58 bits per heavy atom. The highest BCUT2D eigenvalue weighted by Gasteiger charge is 2.22. The molecule has 3 aromatic carbocycles. The topological polar surface area (TPSA) is 117 Å². The van der Waals surface area contributed by atoms with E-state index in [1.54, 1.807) is 24.5 Å². The van der Waals surface area contributed by atoms with Gasteiger partial charge in [0.05, 0.1) is 10.5 Å². The van der Waals surface area contributed by atoms with Crippen molar-refractivity contribution in [3.63, 3.8) is 0 Å². The Hall–Kier alpha value is -5.05. The SMILES string of the molecule is O=C(Nc1ccc(N2CCc3ccccc3C2)c(C(=O)NCc2cccnc2)c1)c1cccc([N+](=O)[O-])c1. The number of amides is 2. The molecule has 0 aliphatic carbocycles. The van der Waals surface area contributed by atoms with E-state index in [0.717, 1.165) is 24.2 Å². The number of hydrogen-bond donors (Lipinski definition) is 2. The molecule has 2 heterocycles. The quantitative estimate of drug-likeness (QED) is 0.276. The van der Waals surface area contributed by atoms with Gasteiger partial charge < -0.3 is 15.5 Å². The minimum Gasteiger partial charge on any atom is -0.366 e. The number of anilines is 2. The number of non-ortho nitro benzene ring substituents is 1. The average molecular weight is 508 g/mol. The summed E-state index contributed by atoms with van der Waals surface area (Å²) in [6.45, 7) is 1.72. The highest BCUT2D eigenvalue weighted by molar-refractivity contribution is 6.06. The van der Waals surface area contributed by atoms with Crippen LogP contribution in [-0.2, 0) is 19.5 Å². The molecular formula is C29H25N5O4. The Labute approximate surface area is 219 Å². The van der Waals surface area contributed by atoms with Crippen LogP contribution in [0.2, 0.25) is 0 Å². The molecule has 4 aromatic rings. The lowest BCUT2D eigenvalue weighted by Crippen LogP contribution is -2.33. The molecule has 0 bridgehead atoms. The van der Waals surface area contributed by atoms with Crippen LogP contribution in [0.15, 0.2) is 91.3 Å². The third-order valence-corrected chi connectivity index (χ3v) is 6.47. The molecule has 0 saturated carbocycles. The van der Waals surface area contributed by atoms with Crippen LogP contribution in [0.25, 0.3) is 0 Å². The number of fused-ring (bicyclic) bond motifs is 1. The van der Waals surface area contributed by atoms with Gasteiger partial charge in [-0.15, -0.1) is 0 Å². The molecule has 0 radical (unpaired) electrons. The van der Waals surface area contributed by atoms with Gasteiger partial charge in [0, 0.05) is 61.1 Å². The second-order valence-electron chi connectivity index (χ2n) is 8.98. The van der Waals surface area contributed by atoms with Gasteiger partial charge in [-0.2, -0.15) is 0 Å². The number of carbonyl (C=O) groups is 2. The van der Waals surface area contributed by atoms with Crippen molar-refractivity contribution < 1.29 is 14.5 Å². The van der Waals surface area contributed by atoms with Gasteiger partial charge in [0.15, 0.2) is 0 Å². The van der Waals surface area contributed by atoms with E-state index in [1.807, 2.05) is 30.3 Å². The Bertz CT molecular complexity index is 1510. The molecule has 38 heavy (non-hydrogen) atoms. The number of rotatable bonds is 7. The predicted octanol–water partition coefficient (Wildman–Crippen LogP) is 4.73. The van der Waals surface area contributed by atoms with Crippen molar-refractivity contribution >= 4 is 28.9 Å². The Kier molecular flexibility index (Phi) is 7.08. The number of carbonyl (C=O) groups excluding carboxylic acids is 2. The maximum absolute atomic E-state index is 13.4. The smallest absolute Gasteiger partial charge is 0.270 e. The third-order valence-electron chi connectivity index (χ3n) is 6.47. The van der Waals surface area contributed by atoms with Crippen molar-refractivity contribution in [2.75, 3.05) is 16.8 Å². The largest absolute Gasteiger partial charge is 0.366 e. The summed E-state index contributed by atoms with van der Waals surface area (Å²) in [5.41, 5.74) is 4.95. The molecule has 5 rings (SSSR count). The number of nitrogens with one attached hydrogen (secondary N) is 2. The van der Waals surface area contributed by atoms with E-state index in [0.29, 0.717) is 24.3 Å². The number of aromatic nitrogens is 1. The zero-order valence-corrected chi connectivity index (χ0v) is 20.5. The molecule has 9 nitrogen and oxygen atoms in total. The summed E-state index contributed by atoms with van der Waals surface area (Å²) in [4.78, 5) is 43.1. The first kappa shape index (κ1) is 24.6. The molecule has 190 valence electrons. The minimum absolute atomic E-state index is 0.151. The summed E-state index contributed by atoms with van der Waals surface area (Å²) in [5.74, 6) is -0.788. The molecule has 0 spiro atoms. The molecule has 0 atom stereocenters. The Balaban J connectivity index is 1.42. The van der Waals surface area contributed by atoms with Crippen molar-refractivity contribution in [1.82, 2.24) is 10.3 Å². The van der Waals surface area contributed by atoms with E-state index in [2.05, 4.69) is 32.7 Å². The fourth-order valence-corrected chi connectivity index (χ4v) is 4.52.